The van der Waals surface area contributed by atoms with E-state index in [-0.39, 0.29) is 17.0 Å². The summed E-state index contributed by atoms with van der Waals surface area (Å²) in [6.07, 6.45) is -2.76. The van der Waals surface area contributed by atoms with Crippen molar-refractivity contribution in [2.24, 2.45) is 0 Å². The molecule has 0 saturated heterocycles. The van der Waals surface area contributed by atoms with Crippen LogP contribution in [0.4, 0.5) is 8.78 Å². The van der Waals surface area contributed by atoms with Crippen LogP contribution in [0.1, 0.15) is 28.0 Å². The number of aromatic nitrogens is 1. The number of alkyl halides is 2. The van der Waals surface area contributed by atoms with E-state index in [9.17, 15) is 13.6 Å². The lowest BCUT2D eigenvalue weighted by atomic mass is 10.1. The van der Waals surface area contributed by atoms with E-state index < -0.39 is 17.7 Å². The Morgan fingerprint density at radius 3 is 2.71 bits per heavy atom. The Hall–Kier alpha value is -1.54. The van der Waals surface area contributed by atoms with E-state index in [1.54, 1.807) is 6.07 Å². The second-order valence-corrected chi connectivity index (χ2v) is 2.71. The number of pyridine rings is 1. The molecule has 0 fully saturated rings. The van der Waals surface area contributed by atoms with E-state index in [4.69, 9.17) is 16.9 Å². The molecule has 14 heavy (non-hydrogen) atoms. The van der Waals surface area contributed by atoms with Crippen molar-refractivity contribution in [1.29, 1.82) is 5.26 Å². The number of halogens is 3. The molecule has 1 aromatic rings. The largest absolute Gasteiger partial charge is 0.298 e. The maximum Gasteiger partial charge on any atom is 0.281 e. The maximum absolute atomic E-state index is 12.3. The molecule has 72 valence electrons. The molecule has 0 spiro atoms. The van der Waals surface area contributed by atoms with Crippen LogP contribution in [0.2, 0.25) is 5.15 Å². The van der Waals surface area contributed by atoms with Crippen LogP contribution in [-0.4, -0.2) is 11.3 Å². The van der Waals surface area contributed by atoms with E-state index in [0.29, 0.717) is 0 Å². The molecule has 0 aliphatic heterocycles. The molecule has 1 heterocycles. The zero-order valence-corrected chi connectivity index (χ0v) is 7.42. The molecule has 0 aliphatic carbocycles. The molecule has 0 atom stereocenters. The van der Waals surface area contributed by atoms with Gasteiger partial charge in [-0.1, -0.05) is 11.6 Å². The van der Waals surface area contributed by atoms with Gasteiger partial charge in [-0.15, -0.1) is 0 Å². The van der Waals surface area contributed by atoms with E-state index in [1.807, 2.05) is 0 Å². The molecule has 0 unspecified atom stereocenters. The first-order valence-corrected chi connectivity index (χ1v) is 3.81. The van der Waals surface area contributed by atoms with Gasteiger partial charge in [0.2, 0.25) is 0 Å². The summed E-state index contributed by atoms with van der Waals surface area (Å²) < 4.78 is 24.6. The number of nitriles is 1. The van der Waals surface area contributed by atoms with Crippen molar-refractivity contribution in [3.05, 3.63) is 28.0 Å². The van der Waals surface area contributed by atoms with Crippen molar-refractivity contribution in [3.8, 4) is 6.07 Å². The Morgan fingerprint density at radius 2 is 2.29 bits per heavy atom. The third-order valence-electron chi connectivity index (χ3n) is 1.50. The zero-order chi connectivity index (χ0) is 10.7. The fraction of sp³-hybridized carbons (Fsp3) is 0.125. The summed E-state index contributed by atoms with van der Waals surface area (Å²) in [5.41, 5.74) is -1.37. The highest BCUT2D eigenvalue weighted by Crippen LogP contribution is 2.24. The molecule has 0 aromatic carbocycles. The van der Waals surface area contributed by atoms with E-state index in [1.165, 1.54) is 0 Å². The van der Waals surface area contributed by atoms with Gasteiger partial charge < -0.3 is 0 Å². The molecule has 0 radical (unpaired) electrons. The lowest BCUT2D eigenvalue weighted by Crippen LogP contribution is -2.01. The van der Waals surface area contributed by atoms with Crippen molar-refractivity contribution in [3.63, 3.8) is 0 Å². The van der Waals surface area contributed by atoms with Crippen molar-refractivity contribution in [1.82, 2.24) is 4.98 Å². The zero-order valence-electron chi connectivity index (χ0n) is 6.67. The molecule has 0 saturated carbocycles. The number of rotatable bonds is 2. The average Bonchev–Trinajstić information content (AvgIpc) is 2.16. The summed E-state index contributed by atoms with van der Waals surface area (Å²) >= 11 is 5.39. The predicted molar refractivity (Wildman–Crippen MR) is 44.3 cm³/mol. The molecule has 0 amide bonds. The van der Waals surface area contributed by atoms with Crippen LogP contribution in [0.3, 0.4) is 0 Å². The Balaban J connectivity index is 3.49. The summed E-state index contributed by atoms with van der Waals surface area (Å²) in [5, 5.41) is 8.31. The van der Waals surface area contributed by atoms with Gasteiger partial charge in [-0.05, 0) is 6.07 Å². The molecule has 0 N–H and O–H groups in total. The maximum atomic E-state index is 12.3. The fourth-order valence-electron chi connectivity index (χ4n) is 0.925. The van der Waals surface area contributed by atoms with E-state index in [0.717, 1.165) is 6.07 Å². The Labute approximate surface area is 82.9 Å². The predicted octanol–water partition coefficient (Wildman–Crippen LogP) is 2.36. The molecule has 1 rings (SSSR count). The van der Waals surface area contributed by atoms with Gasteiger partial charge in [0, 0.05) is 0 Å². The topological polar surface area (TPSA) is 53.8 Å². The van der Waals surface area contributed by atoms with Gasteiger partial charge in [-0.3, -0.25) is 4.79 Å². The van der Waals surface area contributed by atoms with Gasteiger partial charge >= 0.3 is 0 Å². The normalized spacial score (nSPS) is 9.93. The monoisotopic (exact) mass is 216 g/mol. The number of aldehydes is 1. The van der Waals surface area contributed by atoms with Crippen molar-refractivity contribution >= 4 is 17.9 Å². The first-order valence-electron chi connectivity index (χ1n) is 3.44. The van der Waals surface area contributed by atoms with Crippen molar-refractivity contribution in [2.75, 3.05) is 0 Å². The molecule has 3 nitrogen and oxygen atoms in total. The van der Waals surface area contributed by atoms with Crippen LogP contribution in [0.25, 0.3) is 0 Å². The molecule has 6 heteroatoms. The van der Waals surface area contributed by atoms with Crippen LogP contribution in [-0.2, 0) is 0 Å². The van der Waals surface area contributed by atoms with Crippen LogP contribution < -0.4 is 0 Å². The lowest BCUT2D eigenvalue weighted by molar-refractivity contribution is 0.110. The third-order valence-corrected chi connectivity index (χ3v) is 1.70. The highest BCUT2D eigenvalue weighted by Gasteiger charge is 2.18. The number of carbonyl (C=O) groups excluding carboxylic acids is 1. The molecule has 0 aliphatic rings. The van der Waals surface area contributed by atoms with Gasteiger partial charge in [0.05, 0.1) is 11.1 Å². The molecular weight excluding hydrogens is 214 g/mol. The third kappa shape index (κ3) is 1.86. The van der Waals surface area contributed by atoms with Crippen LogP contribution in [0, 0.1) is 11.3 Å². The Morgan fingerprint density at radius 1 is 1.64 bits per heavy atom. The SMILES string of the molecule is N#Cc1cc(Cl)nc(C(F)F)c1C=O. The summed E-state index contributed by atoms with van der Waals surface area (Å²) in [6, 6.07) is 2.66. The minimum absolute atomic E-state index is 0.170. The van der Waals surface area contributed by atoms with Gasteiger partial charge in [0.1, 0.15) is 16.9 Å². The Kier molecular flexibility index (Phi) is 3.10. The van der Waals surface area contributed by atoms with Gasteiger partial charge in [0.15, 0.2) is 6.29 Å². The van der Waals surface area contributed by atoms with Gasteiger partial charge in [-0.25, -0.2) is 13.8 Å². The number of nitrogens with zero attached hydrogens (tertiary/aromatic N) is 2. The van der Waals surface area contributed by atoms with Gasteiger partial charge in [-0.2, -0.15) is 5.26 Å². The van der Waals surface area contributed by atoms with Crippen molar-refractivity contribution < 1.29 is 13.6 Å². The molecule has 1 aromatic heterocycles. The number of hydrogen-bond donors (Lipinski definition) is 0. The van der Waals surface area contributed by atoms with Crippen LogP contribution >= 0.6 is 11.6 Å². The van der Waals surface area contributed by atoms with Crippen LogP contribution in [0.5, 0.6) is 0 Å². The van der Waals surface area contributed by atoms with Gasteiger partial charge in [0.25, 0.3) is 6.43 Å². The summed E-state index contributed by atoms with van der Waals surface area (Å²) in [4.78, 5) is 13.7. The first kappa shape index (κ1) is 10.5. The number of hydrogen-bond acceptors (Lipinski definition) is 3. The highest BCUT2D eigenvalue weighted by atomic mass is 35.5. The minimum atomic E-state index is -2.93. The second-order valence-electron chi connectivity index (χ2n) is 2.32. The quantitative estimate of drug-likeness (QED) is 0.563. The highest BCUT2D eigenvalue weighted by molar-refractivity contribution is 6.29. The fourth-order valence-corrected chi connectivity index (χ4v) is 1.13. The molecule has 0 bridgehead atoms. The number of carbonyl (C=O) groups is 1. The molecular formula is C8H3ClF2N2O. The van der Waals surface area contributed by atoms with Crippen LogP contribution in [0.15, 0.2) is 6.07 Å². The second kappa shape index (κ2) is 4.11. The minimum Gasteiger partial charge on any atom is -0.298 e. The van der Waals surface area contributed by atoms with E-state index >= 15 is 0 Å². The lowest BCUT2D eigenvalue weighted by Gasteiger charge is -2.04. The summed E-state index contributed by atoms with van der Waals surface area (Å²) in [6.45, 7) is 0. The Bertz CT molecular complexity index is 415. The average molecular weight is 217 g/mol. The first-order chi connectivity index (χ1) is 6.60. The summed E-state index contributed by atoms with van der Waals surface area (Å²) in [5.74, 6) is 0. The smallest absolute Gasteiger partial charge is 0.281 e. The van der Waals surface area contributed by atoms with Crippen molar-refractivity contribution in [2.45, 2.75) is 6.43 Å². The summed E-state index contributed by atoms with van der Waals surface area (Å²) in [7, 11) is 0. The standard InChI is InChI=1S/C8H3ClF2N2O/c9-6-1-4(2-12)5(3-14)7(13-6)8(10)11/h1,3,8H. The van der Waals surface area contributed by atoms with E-state index in [2.05, 4.69) is 4.98 Å².